The van der Waals surface area contributed by atoms with Gasteiger partial charge in [0.1, 0.15) is 0 Å². The maximum atomic E-state index is 10.6. The molecule has 130 valence electrons. The number of halogens is 1. The molecule has 0 saturated carbocycles. The van der Waals surface area contributed by atoms with Crippen LogP contribution in [0.15, 0.2) is 18.2 Å². The van der Waals surface area contributed by atoms with E-state index in [4.69, 9.17) is 19.3 Å². The van der Waals surface area contributed by atoms with Crippen molar-refractivity contribution in [2.24, 2.45) is 0 Å². The number of nitrogens with zero attached hydrogens (tertiary/aromatic N) is 1. The average molecular weight is 346 g/mol. The van der Waals surface area contributed by atoms with Gasteiger partial charge >= 0.3 is 5.97 Å². The van der Waals surface area contributed by atoms with Crippen LogP contribution in [-0.4, -0.2) is 49.6 Å². The van der Waals surface area contributed by atoms with Gasteiger partial charge in [-0.3, -0.25) is 9.69 Å². The first kappa shape index (κ1) is 19.5. The van der Waals surface area contributed by atoms with Crippen LogP contribution in [0.3, 0.4) is 0 Å². The number of benzene rings is 1. The number of hydrogen-bond acceptors (Lipinski definition) is 5. The molecule has 1 aromatic carbocycles. The Bertz CT molecular complexity index is 497. The van der Waals surface area contributed by atoms with Crippen molar-refractivity contribution in [2.45, 2.75) is 25.8 Å². The number of methoxy groups -OCH3 is 1. The van der Waals surface area contributed by atoms with Crippen LogP contribution in [0.25, 0.3) is 0 Å². The van der Waals surface area contributed by atoms with Crippen molar-refractivity contribution in [3.05, 3.63) is 23.8 Å². The minimum atomic E-state index is -0.737. The number of carboxylic acid groups (broad SMARTS) is 1. The summed E-state index contributed by atoms with van der Waals surface area (Å²) in [6.07, 6.45) is 1.78. The van der Waals surface area contributed by atoms with E-state index in [9.17, 15) is 4.79 Å². The van der Waals surface area contributed by atoms with Gasteiger partial charge in [-0.15, -0.1) is 12.4 Å². The number of aliphatic carboxylic acids is 1. The maximum absolute atomic E-state index is 10.6. The predicted octanol–water partition coefficient (Wildman–Crippen LogP) is 2.54. The highest BCUT2D eigenvalue weighted by Crippen LogP contribution is 2.32. The molecule has 0 aliphatic carbocycles. The molecule has 0 aromatic heterocycles. The molecular weight excluding hydrogens is 322 g/mol. The molecule has 7 heteroatoms. The standard InChI is InChI=1S/C16H23NO5.ClH/c1-20-9-8-17(7-3-2-4-16(18)19)11-13-5-6-14-15(10-13)22-12-21-14;/h5-6,10H,2-4,7-9,11-12H2,1H3,(H,18,19);1H. The molecule has 2 rings (SSSR count). The first-order chi connectivity index (χ1) is 10.7. The molecule has 1 aliphatic heterocycles. The van der Waals surface area contributed by atoms with E-state index in [0.29, 0.717) is 13.0 Å². The van der Waals surface area contributed by atoms with Gasteiger partial charge in [0.2, 0.25) is 6.79 Å². The first-order valence-corrected chi connectivity index (χ1v) is 7.50. The molecular formula is C16H24ClNO5. The van der Waals surface area contributed by atoms with E-state index in [-0.39, 0.29) is 25.6 Å². The minimum absolute atomic E-state index is 0. The van der Waals surface area contributed by atoms with Crippen LogP contribution in [0.5, 0.6) is 11.5 Å². The summed E-state index contributed by atoms with van der Waals surface area (Å²) < 4.78 is 15.9. The second-order valence-electron chi connectivity index (χ2n) is 5.31. The van der Waals surface area contributed by atoms with E-state index in [1.54, 1.807) is 7.11 Å². The van der Waals surface area contributed by atoms with Crippen molar-refractivity contribution in [1.29, 1.82) is 0 Å². The van der Waals surface area contributed by atoms with Gasteiger partial charge in [-0.2, -0.15) is 0 Å². The lowest BCUT2D eigenvalue weighted by atomic mass is 10.1. The van der Waals surface area contributed by atoms with E-state index < -0.39 is 5.97 Å². The number of carbonyl (C=O) groups is 1. The summed E-state index contributed by atoms with van der Waals surface area (Å²) in [5.41, 5.74) is 1.15. The Morgan fingerprint density at radius 2 is 2.04 bits per heavy atom. The van der Waals surface area contributed by atoms with Crippen molar-refractivity contribution in [3.8, 4) is 11.5 Å². The summed E-state index contributed by atoms with van der Waals surface area (Å²) in [4.78, 5) is 12.8. The monoisotopic (exact) mass is 345 g/mol. The molecule has 0 bridgehead atoms. The molecule has 0 saturated heterocycles. The third-order valence-corrected chi connectivity index (χ3v) is 3.57. The lowest BCUT2D eigenvalue weighted by Gasteiger charge is -2.22. The van der Waals surface area contributed by atoms with E-state index >= 15 is 0 Å². The number of carboxylic acids is 1. The van der Waals surface area contributed by atoms with E-state index in [1.165, 1.54) is 0 Å². The second-order valence-corrected chi connectivity index (χ2v) is 5.31. The van der Waals surface area contributed by atoms with Crippen molar-refractivity contribution in [3.63, 3.8) is 0 Å². The molecule has 6 nitrogen and oxygen atoms in total. The normalized spacial score (nSPS) is 12.3. The fourth-order valence-electron chi connectivity index (χ4n) is 2.40. The lowest BCUT2D eigenvalue weighted by Crippen LogP contribution is -2.28. The highest BCUT2D eigenvalue weighted by molar-refractivity contribution is 5.85. The summed E-state index contributed by atoms with van der Waals surface area (Å²) in [6, 6.07) is 5.96. The number of hydrogen-bond donors (Lipinski definition) is 1. The smallest absolute Gasteiger partial charge is 0.303 e. The number of fused-ring (bicyclic) bond motifs is 1. The molecule has 0 amide bonds. The molecule has 1 heterocycles. The van der Waals surface area contributed by atoms with Crippen molar-refractivity contribution in [1.82, 2.24) is 4.90 Å². The molecule has 1 aromatic rings. The molecule has 23 heavy (non-hydrogen) atoms. The van der Waals surface area contributed by atoms with Gasteiger partial charge in [0.05, 0.1) is 6.61 Å². The summed E-state index contributed by atoms with van der Waals surface area (Å²) in [5.74, 6) is 0.836. The Labute approximate surface area is 142 Å². The number of ether oxygens (including phenoxy) is 3. The first-order valence-electron chi connectivity index (χ1n) is 7.50. The zero-order valence-electron chi connectivity index (χ0n) is 13.3. The fraction of sp³-hybridized carbons (Fsp3) is 0.562. The van der Waals surface area contributed by atoms with Gasteiger partial charge in [0.25, 0.3) is 0 Å². The van der Waals surface area contributed by atoms with E-state index in [0.717, 1.165) is 43.1 Å². The van der Waals surface area contributed by atoms with Crippen LogP contribution in [0.1, 0.15) is 24.8 Å². The van der Waals surface area contributed by atoms with Crippen LogP contribution >= 0.6 is 12.4 Å². The predicted molar refractivity (Wildman–Crippen MR) is 88.5 cm³/mol. The Morgan fingerprint density at radius 1 is 1.26 bits per heavy atom. The number of unbranched alkanes of at least 4 members (excludes halogenated alkanes) is 1. The summed E-state index contributed by atoms with van der Waals surface area (Å²) in [6.45, 7) is 3.39. The van der Waals surface area contributed by atoms with Crippen LogP contribution in [0.4, 0.5) is 0 Å². The van der Waals surface area contributed by atoms with Gasteiger partial charge in [-0.25, -0.2) is 0 Å². The van der Waals surface area contributed by atoms with Crippen LogP contribution < -0.4 is 9.47 Å². The number of rotatable bonds is 10. The Hall–Kier alpha value is -1.50. The molecule has 0 atom stereocenters. The van der Waals surface area contributed by atoms with Crippen molar-refractivity contribution >= 4 is 18.4 Å². The van der Waals surface area contributed by atoms with Gasteiger partial charge in [0.15, 0.2) is 11.5 Å². The van der Waals surface area contributed by atoms with Crippen LogP contribution in [-0.2, 0) is 16.1 Å². The Balaban J connectivity index is 0.00000264. The van der Waals surface area contributed by atoms with E-state index in [2.05, 4.69) is 4.90 Å². The zero-order valence-corrected chi connectivity index (χ0v) is 14.1. The Morgan fingerprint density at radius 3 is 2.78 bits per heavy atom. The molecule has 1 N–H and O–H groups in total. The average Bonchev–Trinajstić information content (AvgIpc) is 2.96. The summed E-state index contributed by atoms with van der Waals surface area (Å²) >= 11 is 0. The second kappa shape index (κ2) is 10.3. The lowest BCUT2D eigenvalue weighted by molar-refractivity contribution is -0.137. The zero-order chi connectivity index (χ0) is 15.8. The fourth-order valence-corrected chi connectivity index (χ4v) is 2.40. The van der Waals surface area contributed by atoms with Crippen LogP contribution in [0.2, 0.25) is 0 Å². The van der Waals surface area contributed by atoms with Crippen LogP contribution in [0, 0.1) is 0 Å². The van der Waals surface area contributed by atoms with Gasteiger partial charge in [-0.05, 0) is 37.1 Å². The quantitative estimate of drug-likeness (QED) is 0.657. The van der Waals surface area contributed by atoms with E-state index in [1.807, 2.05) is 18.2 Å². The van der Waals surface area contributed by atoms with Gasteiger partial charge in [-0.1, -0.05) is 6.07 Å². The topological polar surface area (TPSA) is 68.2 Å². The Kier molecular flexibility index (Phi) is 8.76. The minimum Gasteiger partial charge on any atom is -0.481 e. The third-order valence-electron chi connectivity index (χ3n) is 3.57. The SMILES string of the molecule is COCCN(CCCCC(=O)O)Cc1ccc2c(c1)OCO2.Cl. The molecule has 0 radical (unpaired) electrons. The van der Waals surface area contributed by atoms with Crippen molar-refractivity contribution < 1.29 is 24.1 Å². The van der Waals surface area contributed by atoms with Gasteiger partial charge < -0.3 is 19.3 Å². The summed E-state index contributed by atoms with van der Waals surface area (Å²) in [5, 5.41) is 8.69. The molecule has 0 spiro atoms. The molecule has 0 unspecified atom stereocenters. The largest absolute Gasteiger partial charge is 0.481 e. The highest BCUT2D eigenvalue weighted by Gasteiger charge is 2.14. The van der Waals surface area contributed by atoms with Crippen molar-refractivity contribution in [2.75, 3.05) is 33.6 Å². The molecule has 0 fully saturated rings. The molecule has 1 aliphatic rings. The highest BCUT2D eigenvalue weighted by atomic mass is 35.5. The maximum Gasteiger partial charge on any atom is 0.303 e. The third kappa shape index (κ3) is 6.64. The van der Waals surface area contributed by atoms with Gasteiger partial charge in [0, 0.05) is 26.6 Å². The summed E-state index contributed by atoms with van der Waals surface area (Å²) in [7, 11) is 1.68.